The van der Waals surface area contributed by atoms with Gasteiger partial charge in [0, 0.05) is 29.9 Å². The van der Waals surface area contributed by atoms with E-state index in [-0.39, 0.29) is 12.6 Å². The van der Waals surface area contributed by atoms with Gasteiger partial charge in [-0.05, 0) is 31.5 Å². The van der Waals surface area contributed by atoms with Crippen molar-refractivity contribution in [3.63, 3.8) is 0 Å². The normalized spacial score (nSPS) is 12.3. The maximum absolute atomic E-state index is 9.24. The van der Waals surface area contributed by atoms with Gasteiger partial charge in [-0.1, -0.05) is 42.5 Å². The number of nitrogens with zero attached hydrogens (tertiary/aromatic N) is 2. The highest BCUT2D eigenvalue weighted by atomic mass is 16.3. The molecule has 3 aromatic rings. The molecule has 4 heteroatoms. The van der Waals surface area contributed by atoms with E-state index in [0.717, 1.165) is 22.5 Å². The summed E-state index contributed by atoms with van der Waals surface area (Å²) in [4.78, 5) is 0. The van der Waals surface area contributed by atoms with E-state index in [4.69, 9.17) is 5.10 Å². The number of hydrogen-bond donors (Lipinski definition) is 2. The van der Waals surface area contributed by atoms with Crippen molar-refractivity contribution >= 4 is 0 Å². The fourth-order valence-electron chi connectivity index (χ4n) is 2.67. The zero-order chi connectivity index (χ0) is 16.9. The van der Waals surface area contributed by atoms with E-state index in [9.17, 15) is 5.11 Å². The minimum atomic E-state index is 0.0507. The Balaban J connectivity index is 2.02. The van der Waals surface area contributed by atoms with E-state index in [0.29, 0.717) is 6.54 Å². The monoisotopic (exact) mass is 321 g/mol. The Morgan fingerprint density at radius 1 is 1.08 bits per heavy atom. The molecule has 0 fully saturated rings. The van der Waals surface area contributed by atoms with Crippen LogP contribution < -0.4 is 5.32 Å². The molecule has 0 aliphatic rings. The molecular weight excluding hydrogens is 298 g/mol. The van der Waals surface area contributed by atoms with Crippen LogP contribution in [0, 0.1) is 6.92 Å². The molecule has 0 unspecified atom stereocenters. The van der Waals surface area contributed by atoms with E-state index in [1.807, 2.05) is 54.1 Å². The number of aromatic nitrogens is 2. The lowest BCUT2D eigenvalue weighted by Crippen LogP contribution is -2.28. The minimum Gasteiger partial charge on any atom is -0.395 e. The highest BCUT2D eigenvalue weighted by Crippen LogP contribution is 2.26. The van der Waals surface area contributed by atoms with Gasteiger partial charge in [0.05, 0.1) is 18.0 Å². The molecule has 0 amide bonds. The first kappa shape index (κ1) is 16.4. The van der Waals surface area contributed by atoms with Crippen molar-refractivity contribution in [2.75, 3.05) is 6.61 Å². The Bertz CT molecular complexity index is 796. The molecule has 1 atom stereocenters. The number of para-hydroxylation sites is 1. The molecule has 2 N–H and O–H groups in total. The van der Waals surface area contributed by atoms with Crippen molar-refractivity contribution in [1.82, 2.24) is 15.1 Å². The van der Waals surface area contributed by atoms with Gasteiger partial charge in [-0.2, -0.15) is 5.10 Å². The van der Waals surface area contributed by atoms with Gasteiger partial charge in [-0.15, -0.1) is 0 Å². The third kappa shape index (κ3) is 3.55. The summed E-state index contributed by atoms with van der Waals surface area (Å²) < 4.78 is 1.92. The average molecular weight is 321 g/mol. The molecule has 24 heavy (non-hydrogen) atoms. The zero-order valence-corrected chi connectivity index (χ0v) is 14.1. The van der Waals surface area contributed by atoms with E-state index in [2.05, 4.69) is 30.6 Å². The first-order chi connectivity index (χ1) is 11.7. The Hall–Kier alpha value is -2.43. The Morgan fingerprint density at radius 3 is 2.50 bits per heavy atom. The second-order valence-electron chi connectivity index (χ2n) is 6.06. The lowest BCUT2D eigenvalue weighted by molar-refractivity contribution is 0.251. The van der Waals surface area contributed by atoms with Crippen LogP contribution in [0.3, 0.4) is 0 Å². The summed E-state index contributed by atoms with van der Waals surface area (Å²) in [7, 11) is 0. The molecule has 2 aromatic carbocycles. The predicted molar refractivity (Wildman–Crippen MR) is 97.1 cm³/mol. The molecule has 0 aliphatic carbocycles. The van der Waals surface area contributed by atoms with Gasteiger partial charge in [-0.25, -0.2) is 4.68 Å². The molecule has 0 spiro atoms. The Morgan fingerprint density at radius 2 is 1.79 bits per heavy atom. The van der Waals surface area contributed by atoms with Crippen molar-refractivity contribution in [2.24, 2.45) is 0 Å². The van der Waals surface area contributed by atoms with E-state index >= 15 is 0 Å². The van der Waals surface area contributed by atoms with Crippen molar-refractivity contribution in [3.8, 4) is 16.9 Å². The van der Waals surface area contributed by atoms with Crippen LogP contribution in [-0.2, 0) is 6.54 Å². The largest absolute Gasteiger partial charge is 0.395 e. The lowest BCUT2D eigenvalue weighted by Gasteiger charge is -2.11. The molecule has 124 valence electrons. The molecular formula is C20H23N3O. The first-order valence-electron chi connectivity index (χ1n) is 8.23. The number of aliphatic hydroxyl groups excluding tert-OH is 1. The first-order valence-corrected chi connectivity index (χ1v) is 8.23. The van der Waals surface area contributed by atoms with Gasteiger partial charge in [0.25, 0.3) is 0 Å². The fourth-order valence-corrected chi connectivity index (χ4v) is 2.67. The summed E-state index contributed by atoms with van der Waals surface area (Å²) in [5.41, 5.74) is 5.48. The van der Waals surface area contributed by atoms with E-state index in [1.165, 1.54) is 5.56 Å². The predicted octanol–water partition coefficient (Wildman–Crippen LogP) is 3.32. The van der Waals surface area contributed by atoms with Crippen LogP contribution >= 0.6 is 0 Å². The second kappa shape index (κ2) is 7.43. The number of hydrogen-bond acceptors (Lipinski definition) is 3. The number of aryl methyl sites for hydroxylation is 1. The molecule has 0 saturated heterocycles. The average Bonchev–Trinajstić information content (AvgIpc) is 3.05. The molecule has 0 saturated carbocycles. The summed E-state index contributed by atoms with van der Waals surface area (Å²) in [6.45, 7) is 4.85. The summed E-state index contributed by atoms with van der Waals surface area (Å²) in [6, 6.07) is 18.4. The minimum absolute atomic E-state index is 0.0507. The SMILES string of the molecule is Cc1ccccc1-c1nn(-c2ccccc2)cc1CN[C@H](C)CO. The van der Waals surface area contributed by atoms with Crippen LogP contribution in [-0.4, -0.2) is 27.5 Å². The van der Waals surface area contributed by atoms with Gasteiger partial charge in [-0.3, -0.25) is 0 Å². The van der Waals surface area contributed by atoms with Crippen molar-refractivity contribution in [1.29, 1.82) is 0 Å². The number of aliphatic hydroxyl groups is 1. The highest BCUT2D eigenvalue weighted by Gasteiger charge is 2.14. The lowest BCUT2D eigenvalue weighted by atomic mass is 10.0. The fraction of sp³-hybridized carbons (Fsp3) is 0.250. The summed E-state index contributed by atoms with van der Waals surface area (Å²) in [5, 5.41) is 17.4. The topological polar surface area (TPSA) is 50.1 Å². The summed E-state index contributed by atoms with van der Waals surface area (Å²) >= 11 is 0. The highest BCUT2D eigenvalue weighted by molar-refractivity contribution is 5.66. The number of rotatable bonds is 6. The molecule has 1 aromatic heterocycles. The van der Waals surface area contributed by atoms with E-state index in [1.54, 1.807) is 0 Å². The molecule has 0 aliphatic heterocycles. The smallest absolute Gasteiger partial charge is 0.0975 e. The molecule has 0 radical (unpaired) electrons. The van der Waals surface area contributed by atoms with Crippen LogP contribution in [0.15, 0.2) is 60.8 Å². The van der Waals surface area contributed by atoms with Crippen molar-refractivity contribution < 1.29 is 5.11 Å². The van der Waals surface area contributed by atoms with Crippen LogP contribution in [0.4, 0.5) is 0 Å². The molecule has 3 rings (SSSR count). The number of benzene rings is 2. The number of nitrogens with one attached hydrogen (secondary N) is 1. The maximum atomic E-state index is 9.24. The van der Waals surface area contributed by atoms with Crippen LogP contribution in [0.1, 0.15) is 18.1 Å². The van der Waals surface area contributed by atoms with Crippen molar-refractivity contribution in [2.45, 2.75) is 26.4 Å². The van der Waals surface area contributed by atoms with Gasteiger partial charge in [0.15, 0.2) is 0 Å². The second-order valence-corrected chi connectivity index (χ2v) is 6.06. The summed E-state index contributed by atoms with van der Waals surface area (Å²) in [5.74, 6) is 0. The third-order valence-electron chi connectivity index (χ3n) is 4.13. The van der Waals surface area contributed by atoms with Gasteiger partial charge >= 0.3 is 0 Å². The standard InChI is InChI=1S/C20H23N3O/c1-15-8-6-7-11-19(15)20-17(12-21-16(2)14-24)13-23(22-20)18-9-4-3-5-10-18/h3-11,13,16,21,24H,12,14H2,1-2H3/t16-/m1/s1. The third-order valence-corrected chi connectivity index (χ3v) is 4.13. The maximum Gasteiger partial charge on any atom is 0.0975 e. The molecule has 0 bridgehead atoms. The Labute approximate surface area is 142 Å². The van der Waals surface area contributed by atoms with Gasteiger partial charge in [0.1, 0.15) is 0 Å². The van der Waals surface area contributed by atoms with Gasteiger partial charge < -0.3 is 10.4 Å². The molecule has 4 nitrogen and oxygen atoms in total. The quantitative estimate of drug-likeness (QED) is 0.732. The van der Waals surface area contributed by atoms with Crippen LogP contribution in [0.2, 0.25) is 0 Å². The van der Waals surface area contributed by atoms with Crippen LogP contribution in [0.5, 0.6) is 0 Å². The van der Waals surface area contributed by atoms with E-state index < -0.39 is 0 Å². The zero-order valence-electron chi connectivity index (χ0n) is 14.1. The summed E-state index contributed by atoms with van der Waals surface area (Å²) in [6.07, 6.45) is 2.06. The van der Waals surface area contributed by atoms with Gasteiger partial charge in [0.2, 0.25) is 0 Å². The van der Waals surface area contributed by atoms with Crippen LogP contribution in [0.25, 0.3) is 16.9 Å². The molecule has 1 heterocycles. The van der Waals surface area contributed by atoms with Crippen molar-refractivity contribution in [3.05, 3.63) is 71.9 Å². The Kier molecular flexibility index (Phi) is 5.08.